The molecule has 0 heterocycles. The molecule has 0 saturated heterocycles. The van der Waals surface area contributed by atoms with Crippen molar-refractivity contribution in [3.8, 4) is 0 Å². The van der Waals surface area contributed by atoms with Gasteiger partial charge in [0.2, 0.25) is 28.9 Å². The molecule has 0 spiro atoms. The van der Waals surface area contributed by atoms with Gasteiger partial charge in [0.05, 0.1) is 32.1 Å². The summed E-state index contributed by atoms with van der Waals surface area (Å²) in [6.07, 6.45) is -4.31. The van der Waals surface area contributed by atoms with Crippen molar-refractivity contribution in [1.29, 1.82) is 0 Å². The fourth-order valence-electron chi connectivity index (χ4n) is 0.920. The predicted octanol–water partition coefficient (Wildman–Crippen LogP) is -10.5. The summed E-state index contributed by atoms with van der Waals surface area (Å²) in [6.45, 7) is 0. The van der Waals surface area contributed by atoms with Gasteiger partial charge < -0.3 is 49.5 Å². The third kappa shape index (κ3) is 60.8. The summed E-state index contributed by atoms with van der Waals surface area (Å²) in [5.41, 5.74) is 0. The van der Waals surface area contributed by atoms with Crippen molar-refractivity contribution in [1.82, 2.24) is 0 Å². The molecule has 0 atom stereocenters. The van der Waals surface area contributed by atoms with Crippen LogP contribution in [0.3, 0.4) is 0 Å². The number of aldehydes is 5. The van der Waals surface area contributed by atoms with E-state index in [1.807, 2.05) is 0 Å². The monoisotopic (exact) mass is 626 g/mol. The zero-order valence-electron chi connectivity index (χ0n) is 20.0. The Morgan fingerprint density at radius 1 is 0.317 bits per heavy atom. The molecule has 0 aliphatic heterocycles. The number of hydrogen-bond donors (Lipinski definition) is 0. The van der Waals surface area contributed by atoms with Crippen LogP contribution in [0.1, 0.15) is 32.1 Å². The molecular formula is C20H15O20V. The van der Waals surface area contributed by atoms with Crippen LogP contribution < -0.4 is 25.5 Å². The van der Waals surface area contributed by atoms with Gasteiger partial charge in [0.1, 0.15) is 0 Å². The zero-order valence-corrected chi connectivity index (χ0v) is 21.4. The normalized spacial score (nSPS) is 7.80. The zero-order chi connectivity index (χ0) is 32.8. The van der Waals surface area contributed by atoms with Crippen molar-refractivity contribution >= 4 is 90.2 Å². The Kier molecular flexibility index (Phi) is 38.8. The summed E-state index contributed by atoms with van der Waals surface area (Å²) in [7, 11) is 0. The molecule has 21 heteroatoms. The molecule has 0 rings (SSSR count). The Bertz CT molecular complexity index is 823. The van der Waals surface area contributed by atoms with E-state index in [4.69, 9.17) is 0 Å². The Balaban J connectivity index is -0.0000000928. The summed E-state index contributed by atoms with van der Waals surface area (Å²) in [6, 6.07) is 0. The Morgan fingerprint density at radius 3 is 0.439 bits per heavy atom. The van der Waals surface area contributed by atoms with Gasteiger partial charge in [0.15, 0.2) is 31.4 Å². The molecule has 0 fully saturated rings. The van der Waals surface area contributed by atoms with Crippen LogP contribution in [-0.4, -0.2) is 90.2 Å². The molecule has 0 saturated carbocycles. The predicted molar refractivity (Wildman–Crippen MR) is 103 cm³/mol. The molecule has 0 aromatic rings. The van der Waals surface area contributed by atoms with E-state index in [0.717, 1.165) is 0 Å². The van der Waals surface area contributed by atoms with Crippen LogP contribution in [0.4, 0.5) is 0 Å². The minimum absolute atomic E-state index is 0. The van der Waals surface area contributed by atoms with Crippen LogP contribution in [0.5, 0.6) is 0 Å². The van der Waals surface area contributed by atoms with Crippen molar-refractivity contribution in [3.63, 3.8) is 0 Å². The van der Waals surface area contributed by atoms with Gasteiger partial charge in [-0.15, -0.1) is 0 Å². The number of rotatable bonds is 15. The van der Waals surface area contributed by atoms with E-state index in [2.05, 4.69) is 0 Å². The van der Waals surface area contributed by atoms with Crippen LogP contribution in [0, 0.1) is 0 Å². The largest absolute Gasteiger partial charge is 5.00 e. The number of carbonyl (C=O) groups is 15. The molecule has 0 N–H and O–H groups in total. The third-order valence-corrected chi connectivity index (χ3v) is 2.25. The molecule has 0 aliphatic carbocycles. The molecule has 41 heavy (non-hydrogen) atoms. The van der Waals surface area contributed by atoms with Crippen LogP contribution in [0.15, 0.2) is 0 Å². The maximum absolute atomic E-state index is 9.83. The molecule has 0 aliphatic rings. The average Bonchev–Trinajstić information content (AvgIpc) is 2.83. The van der Waals surface area contributed by atoms with Crippen molar-refractivity contribution < 1.29 is 116 Å². The first-order valence-corrected chi connectivity index (χ1v) is 9.22. The van der Waals surface area contributed by atoms with Crippen molar-refractivity contribution in [2.75, 3.05) is 0 Å². The van der Waals surface area contributed by atoms with Crippen LogP contribution >= 0.6 is 0 Å². The first-order chi connectivity index (χ1) is 18.3. The summed E-state index contributed by atoms with van der Waals surface area (Å²) >= 11 is 0. The van der Waals surface area contributed by atoms with E-state index in [0.29, 0.717) is 0 Å². The van der Waals surface area contributed by atoms with Gasteiger partial charge >= 0.3 is 18.6 Å². The topological polar surface area (TPSA) is 371 Å². The van der Waals surface area contributed by atoms with E-state index < -0.39 is 90.9 Å². The molecule has 0 unspecified atom stereocenters. The summed E-state index contributed by atoms with van der Waals surface area (Å²) in [5.74, 6) is -12.5. The quantitative estimate of drug-likeness (QED) is 0.0924. The molecule has 0 bridgehead atoms. The van der Waals surface area contributed by atoms with Crippen molar-refractivity contribution in [3.05, 3.63) is 0 Å². The maximum atomic E-state index is 9.83. The smallest absolute Gasteiger partial charge is 0.550 e. The molecule has 0 aromatic carbocycles. The third-order valence-electron chi connectivity index (χ3n) is 2.25. The molecule has 220 valence electrons. The van der Waals surface area contributed by atoms with Gasteiger partial charge in [-0.05, 0) is 0 Å². The summed E-state index contributed by atoms with van der Waals surface area (Å²) < 4.78 is 0. The molecule has 0 radical (unpaired) electrons. The molecular weight excluding hydrogens is 611 g/mol. The summed E-state index contributed by atoms with van der Waals surface area (Å²) in [5, 5.41) is 47.4. The molecule has 20 nitrogen and oxygen atoms in total. The maximum Gasteiger partial charge on any atom is 5.00 e. The van der Waals surface area contributed by atoms with E-state index in [1.165, 1.54) is 0 Å². The number of carboxylic acid groups (broad SMARTS) is 5. The average molecular weight is 626 g/mol. The number of hydrogen-bond acceptors (Lipinski definition) is 20. The minimum Gasteiger partial charge on any atom is -0.550 e. The van der Waals surface area contributed by atoms with Crippen molar-refractivity contribution in [2.24, 2.45) is 0 Å². The van der Waals surface area contributed by atoms with Gasteiger partial charge in [-0.3, -0.25) is 47.9 Å². The van der Waals surface area contributed by atoms with Crippen molar-refractivity contribution in [2.45, 2.75) is 32.1 Å². The van der Waals surface area contributed by atoms with E-state index in [9.17, 15) is 97.5 Å². The van der Waals surface area contributed by atoms with Crippen LogP contribution in [0.2, 0.25) is 0 Å². The number of Topliss-reactive ketones (excluding diaryl/α,β-unsaturated/α-hetero) is 5. The van der Waals surface area contributed by atoms with E-state index in [1.54, 1.807) is 0 Å². The SMILES string of the molecule is O=CC(=O)CC(=O)[O-].O=CC(=O)CC(=O)[O-].O=CC(=O)CC(=O)[O-].O=CC(=O)CC(=O)[O-].O=CC(=O)CC(=O)[O-].[V+5]. The second kappa shape index (κ2) is 32.7. The standard InChI is InChI=1S/5C4H4O4.V/c5*5-2-3(6)1-4(7)8;/h5*2H,1H2,(H,7,8);/q;;;;;+5/p-5. The van der Waals surface area contributed by atoms with Gasteiger partial charge in [0, 0.05) is 29.8 Å². The number of aliphatic carboxylic acids is 5. The number of ketones is 5. The fourth-order valence-corrected chi connectivity index (χ4v) is 0.920. The Morgan fingerprint density at radius 2 is 0.415 bits per heavy atom. The van der Waals surface area contributed by atoms with Crippen LogP contribution in [0.25, 0.3) is 0 Å². The molecule has 0 amide bonds. The minimum atomic E-state index is -1.53. The van der Waals surface area contributed by atoms with Gasteiger partial charge in [-0.2, -0.15) is 0 Å². The first-order valence-electron chi connectivity index (χ1n) is 9.22. The van der Waals surface area contributed by atoms with Gasteiger partial charge in [0.25, 0.3) is 0 Å². The van der Waals surface area contributed by atoms with E-state index >= 15 is 0 Å². The molecule has 0 aromatic heterocycles. The second-order valence-electron chi connectivity index (χ2n) is 5.66. The summed E-state index contributed by atoms with van der Waals surface area (Å²) in [4.78, 5) is 144. The van der Waals surface area contributed by atoms with Gasteiger partial charge in [-0.1, -0.05) is 0 Å². The van der Waals surface area contributed by atoms with E-state index in [-0.39, 0.29) is 50.0 Å². The number of carbonyl (C=O) groups excluding carboxylic acids is 15. The second-order valence-corrected chi connectivity index (χ2v) is 5.66. The number of carboxylic acids is 5. The Hall–Kier alpha value is -5.37. The van der Waals surface area contributed by atoms with Crippen LogP contribution in [-0.2, 0) is 90.5 Å². The Labute approximate surface area is 238 Å². The first kappa shape index (κ1) is 48.7. The fraction of sp³-hybridized carbons (Fsp3) is 0.250. The van der Waals surface area contributed by atoms with Gasteiger partial charge in [-0.25, -0.2) is 0 Å².